The first-order valence-corrected chi connectivity index (χ1v) is 8.25. The molecular formula is C14H23NO3S. The van der Waals surface area contributed by atoms with Gasteiger partial charge in [-0.25, -0.2) is 8.42 Å². The fraction of sp³-hybridized carbons (Fsp3) is 0.571. The molecule has 0 aromatic heterocycles. The Morgan fingerprint density at radius 1 is 1.26 bits per heavy atom. The molecule has 1 rings (SSSR count). The van der Waals surface area contributed by atoms with Gasteiger partial charge < -0.3 is 5.11 Å². The molecule has 0 amide bonds. The van der Waals surface area contributed by atoms with Gasteiger partial charge >= 0.3 is 0 Å². The molecular weight excluding hydrogens is 262 g/mol. The summed E-state index contributed by atoms with van der Waals surface area (Å²) in [5.74, 6) is 0.161. The molecule has 1 N–H and O–H groups in total. The van der Waals surface area contributed by atoms with Gasteiger partial charge in [0.2, 0.25) is 10.0 Å². The lowest BCUT2D eigenvalue weighted by Gasteiger charge is -2.27. The van der Waals surface area contributed by atoms with Crippen molar-refractivity contribution in [1.82, 2.24) is 4.31 Å². The monoisotopic (exact) mass is 285 g/mol. The lowest BCUT2D eigenvalue weighted by atomic mass is 10.0. The molecule has 108 valence electrons. The first-order valence-electron chi connectivity index (χ1n) is 6.64. The van der Waals surface area contributed by atoms with Crippen LogP contribution in [0.3, 0.4) is 0 Å². The highest BCUT2D eigenvalue weighted by Crippen LogP contribution is 2.25. The molecule has 0 heterocycles. The van der Waals surface area contributed by atoms with Gasteiger partial charge in [-0.2, -0.15) is 4.31 Å². The topological polar surface area (TPSA) is 57.6 Å². The minimum absolute atomic E-state index is 0.0345. The molecule has 0 radical (unpaired) electrons. The second-order valence-corrected chi connectivity index (χ2v) is 6.77. The van der Waals surface area contributed by atoms with E-state index in [4.69, 9.17) is 5.11 Å². The van der Waals surface area contributed by atoms with Gasteiger partial charge in [0, 0.05) is 13.7 Å². The third-order valence-corrected chi connectivity index (χ3v) is 5.16. The average Bonchev–Trinajstić information content (AvgIpc) is 2.43. The Balaban J connectivity index is 2.93. The summed E-state index contributed by atoms with van der Waals surface area (Å²) in [6, 6.07) is 9.15. The van der Waals surface area contributed by atoms with Crippen molar-refractivity contribution in [2.45, 2.75) is 32.2 Å². The Hall–Kier alpha value is -0.910. The molecule has 0 spiro atoms. The minimum Gasteiger partial charge on any atom is -0.396 e. The van der Waals surface area contributed by atoms with Crippen molar-refractivity contribution in [2.75, 3.05) is 19.4 Å². The summed E-state index contributed by atoms with van der Waals surface area (Å²) in [4.78, 5) is 0. The SMILES string of the molecule is CCCCS(=O)(=O)N(C)C(CCO)c1ccccc1. The Kier molecular flexibility index (Phi) is 6.48. The summed E-state index contributed by atoms with van der Waals surface area (Å²) < 4.78 is 25.8. The quantitative estimate of drug-likeness (QED) is 0.796. The predicted octanol–water partition coefficient (Wildman–Crippen LogP) is 2.17. The third kappa shape index (κ3) is 4.60. The Morgan fingerprint density at radius 2 is 1.89 bits per heavy atom. The van der Waals surface area contributed by atoms with Gasteiger partial charge in [-0.1, -0.05) is 43.7 Å². The zero-order chi connectivity index (χ0) is 14.3. The number of rotatable bonds is 8. The number of hydrogen-bond acceptors (Lipinski definition) is 3. The maximum absolute atomic E-state index is 12.2. The normalized spacial score (nSPS) is 13.7. The van der Waals surface area contributed by atoms with Crippen molar-refractivity contribution in [2.24, 2.45) is 0 Å². The van der Waals surface area contributed by atoms with Gasteiger partial charge in [0.15, 0.2) is 0 Å². The molecule has 1 unspecified atom stereocenters. The highest BCUT2D eigenvalue weighted by molar-refractivity contribution is 7.89. The summed E-state index contributed by atoms with van der Waals surface area (Å²) >= 11 is 0. The highest BCUT2D eigenvalue weighted by atomic mass is 32.2. The van der Waals surface area contributed by atoms with Crippen LogP contribution in [0.5, 0.6) is 0 Å². The van der Waals surface area contributed by atoms with E-state index in [1.54, 1.807) is 7.05 Å². The van der Waals surface area contributed by atoms with Crippen molar-refractivity contribution < 1.29 is 13.5 Å². The van der Waals surface area contributed by atoms with Crippen LogP contribution in [-0.4, -0.2) is 37.2 Å². The second-order valence-electron chi connectivity index (χ2n) is 4.62. The van der Waals surface area contributed by atoms with Gasteiger partial charge in [-0.05, 0) is 18.4 Å². The van der Waals surface area contributed by atoms with Crippen molar-refractivity contribution in [3.05, 3.63) is 35.9 Å². The molecule has 0 aliphatic carbocycles. The second kappa shape index (κ2) is 7.62. The summed E-state index contributed by atoms with van der Waals surface area (Å²) in [6.45, 7) is 1.94. The van der Waals surface area contributed by atoms with E-state index in [1.165, 1.54) is 4.31 Å². The fourth-order valence-corrected chi connectivity index (χ4v) is 3.58. The number of unbranched alkanes of at least 4 members (excludes halogenated alkanes) is 1. The molecule has 5 heteroatoms. The van der Waals surface area contributed by atoms with Crippen LogP contribution in [0.15, 0.2) is 30.3 Å². The Morgan fingerprint density at radius 3 is 2.42 bits per heavy atom. The molecule has 1 aromatic carbocycles. The standard InChI is InChI=1S/C14H23NO3S/c1-3-4-12-19(17,18)15(2)14(10-11-16)13-8-6-5-7-9-13/h5-9,14,16H,3-4,10-12H2,1-2H3. The highest BCUT2D eigenvalue weighted by Gasteiger charge is 2.26. The zero-order valence-corrected chi connectivity index (χ0v) is 12.4. The van der Waals surface area contributed by atoms with Crippen molar-refractivity contribution in [1.29, 1.82) is 0 Å². The van der Waals surface area contributed by atoms with Gasteiger partial charge in [0.1, 0.15) is 0 Å². The van der Waals surface area contributed by atoms with Crippen molar-refractivity contribution in [3.8, 4) is 0 Å². The molecule has 0 saturated heterocycles. The summed E-state index contributed by atoms with van der Waals surface area (Å²) in [5, 5.41) is 9.17. The van der Waals surface area contributed by atoms with Crippen LogP contribution in [0.25, 0.3) is 0 Å². The number of sulfonamides is 1. The summed E-state index contributed by atoms with van der Waals surface area (Å²) in [5.41, 5.74) is 0.916. The molecule has 0 saturated carbocycles. The van der Waals surface area contributed by atoms with E-state index in [-0.39, 0.29) is 18.4 Å². The van der Waals surface area contributed by atoms with Crippen LogP contribution in [0, 0.1) is 0 Å². The van der Waals surface area contributed by atoms with E-state index >= 15 is 0 Å². The molecule has 1 aromatic rings. The molecule has 4 nitrogen and oxygen atoms in total. The van der Waals surface area contributed by atoms with Crippen LogP contribution < -0.4 is 0 Å². The first-order chi connectivity index (χ1) is 9.03. The van der Waals surface area contributed by atoms with Crippen LogP contribution >= 0.6 is 0 Å². The number of nitrogens with zero attached hydrogens (tertiary/aromatic N) is 1. The van der Waals surface area contributed by atoms with Crippen LogP contribution in [0.4, 0.5) is 0 Å². The minimum atomic E-state index is -3.27. The van der Waals surface area contributed by atoms with Crippen LogP contribution in [0.1, 0.15) is 37.8 Å². The molecule has 0 aliphatic rings. The van der Waals surface area contributed by atoms with Crippen molar-refractivity contribution in [3.63, 3.8) is 0 Å². The number of benzene rings is 1. The molecule has 19 heavy (non-hydrogen) atoms. The van der Waals surface area contributed by atoms with E-state index in [9.17, 15) is 8.42 Å². The van der Waals surface area contributed by atoms with Crippen molar-refractivity contribution >= 4 is 10.0 Å². The van der Waals surface area contributed by atoms with Crippen LogP contribution in [-0.2, 0) is 10.0 Å². The third-order valence-electron chi connectivity index (χ3n) is 3.22. The average molecular weight is 285 g/mol. The molecule has 0 bridgehead atoms. The van der Waals surface area contributed by atoms with E-state index in [0.29, 0.717) is 12.8 Å². The maximum atomic E-state index is 12.2. The largest absolute Gasteiger partial charge is 0.396 e. The maximum Gasteiger partial charge on any atom is 0.214 e. The van der Waals surface area contributed by atoms with Gasteiger partial charge in [-0.15, -0.1) is 0 Å². The Bertz CT molecular complexity index is 459. The molecule has 0 aliphatic heterocycles. The number of hydrogen-bond donors (Lipinski definition) is 1. The molecule has 0 fully saturated rings. The van der Waals surface area contributed by atoms with E-state index < -0.39 is 10.0 Å². The van der Waals surface area contributed by atoms with Gasteiger partial charge in [0.05, 0.1) is 11.8 Å². The van der Waals surface area contributed by atoms with E-state index in [2.05, 4.69) is 0 Å². The van der Waals surface area contributed by atoms with E-state index in [1.807, 2.05) is 37.3 Å². The lowest BCUT2D eigenvalue weighted by molar-refractivity contribution is 0.240. The van der Waals surface area contributed by atoms with E-state index in [0.717, 1.165) is 12.0 Å². The summed E-state index contributed by atoms with van der Waals surface area (Å²) in [6.07, 6.45) is 1.92. The number of aliphatic hydroxyl groups excluding tert-OH is 1. The van der Waals surface area contributed by atoms with Gasteiger partial charge in [0.25, 0.3) is 0 Å². The first kappa shape index (κ1) is 16.1. The fourth-order valence-electron chi connectivity index (χ4n) is 2.02. The zero-order valence-electron chi connectivity index (χ0n) is 11.6. The summed E-state index contributed by atoms with van der Waals surface area (Å²) in [7, 11) is -1.67. The predicted molar refractivity (Wildman–Crippen MR) is 77.3 cm³/mol. The number of aliphatic hydroxyl groups is 1. The Labute approximate surface area is 116 Å². The van der Waals surface area contributed by atoms with Gasteiger partial charge in [-0.3, -0.25) is 0 Å². The molecule has 1 atom stereocenters. The smallest absolute Gasteiger partial charge is 0.214 e. The lowest BCUT2D eigenvalue weighted by Crippen LogP contribution is -2.33. The van der Waals surface area contributed by atoms with Crippen LogP contribution in [0.2, 0.25) is 0 Å².